The number of nitrogens with two attached hydrogens (primary N) is 1. The van der Waals surface area contributed by atoms with Crippen molar-refractivity contribution in [3.63, 3.8) is 0 Å². The number of hydrogen-bond donors (Lipinski definition) is 4. The topological polar surface area (TPSA) is 104 Å². The molecular weight excluding hydrogens is 126 g/mol. The molecule has 0 aliphatic carbocycles. The molecule has 1 atom stereocenters. The SMILES string of the molecule is CCC(N)O.O=C(O)O. The van der Waals surface area contributed by atoms with Crippen LogP contribution in [0.25, 0.3) is 0 Å². The standard InChI is InChI=1S/C3H9NO.CH2O3/c1-2-3(4)5;2-1(3)4/h3,5H,2,4H2,1H3;(H2,2,3,4). The molecule has 1 unspecified atom stereocenters. The first-order valence-corrected chi connectivity index (χ1v) is 2.36. The van der Waals surface area contributed by atoms with E-state index in [2.05, 4.69) is 0 Å². The van der Waals surface area contributed by atoms with Crippen LogP contribution < -0.4 is 5.73 Å². The highest BCUT2D eigenvalue weighted by Gasteiger charge is 1.81. The van der Waals surface area contributed by atoms with Crippen LogP contribution >= 0.6 is 0 Å². The van der Waals surface area contributed by atoms with E-state index in [1.807, 2.05) is 6.92 Å². The molecule has 0 saturated carbocycles. The van der Waals surface area contributed by atoms with Crippen LogP contribution in [-0.2, 0) is 0 Å². The zero-order valence-electron chi connectivity index (χ0n) is 5.11. The smallest absolute Gasteiger partial charge is 0.450 e. The average molecular weight is 137 g/mol. The molecule has 0 aliphatic rings. The van der Waals surface area contributed by atoms with E-state index >= 15 is 0 Å². The van der Waals surface area contributed by atoms with Gasteiger partial charge in [0.15, 0.2) is 0 Å². The number of carbonyl (C=O) groups is 1. The monoisotopic (exact) mass is 137 g/mol. The maximum atomic E-state index is 8.56. The van der Waals surface area contributed by atoms with E-state index in [1.54, 1.807) is 0 Å². The van der Waals surface area contributed by atoms with Crippen molar-refractivity contribution in [3.05, 3.63) is 0 Å². The lowest BCUT2D eigenvalue weighted by atomic mass is 10.5. The van der Waals surface area contributed by atoms with Gasteiger partial charge in [-0.2, -0.15) is 0 Å². The van der Waals surface area contributed by atoms with Crippen molar-refractivity contribution in [1.82, 2.24) is 0 Å². The fourth-order valence-corrected chi connectivity index (χ4v) is 0. The molecule has 0 fully saturated rings. The van der Waals surface area contributed by atoms with Gasteiger partial charge in [-0.05, 0) is 6.42 Å². The summed E-state index contributed by atoms with van der Waals surface area (Å²) in [6, 6.07) is 0. The van der Waals surface area contributed by atoms with Crippen molar-refractivity contribution in [1.29, 1.82) is 0 Å². The van der Waals surface area contributed by atoms with Gasteiger partial charge in [-0.15, -0.1) is 0 Å². The van der Waals surface area contributed by atoms with Crippen LogP contribution in [0.2, 0.25) is 0 Å². The second-order valence-corrected chi connectivity index (χ2v) is 1.26. The largest absolute Gasteiger partial charge is 0.503 e. The number of carboxylic acid groups (broad SMARTS) is 2. The molecule has 0 aliphatic heterocycles. The zero-order chi connectivity index (χ0) is 7.86. The Hall–Kier alpha value is -0.810. The molecule has 0 aromatic heterocycles. The third-order valence-electron chi connectivity index (χ3n) is 0.418. The minimum absolute atomic E-state index is 0.616. The van der Waals surface area contributed by atoms with Crippen molar-refractivity contribution in [2.45, 2.75) is 19.6 Å². The molecule has 0 bridgehead atoms. The maximum absolute atomic E-state index is 8.56. The van der Waals surface area contributed by atoms with Gasteiger partial charge >= 0.3 is 6.16 Å². The number of aliphatic hydroxyl groups is 1. The molecule has 9 heavy (non-hydrogen) atoms. The van der Waals surface area contributed by atoms with Crippen LogP contribution in [0.3, 0.4) is 0 Å². The lowest BCUT2D eigenvalue weighted by Gasteiger charge is -1.91. The van der Waals surface area contributed by atoms with Gasteiger partial charge in [0.2, 0.25) is 0 Å². The van der Waals surface area contributed by atoms with E-state index in [4.69, 9.17) is 25.8 Å². The van der Waals surface area contributed by atoms with E-state index in [9.17, 15) is 0 Å². The second kappa shape index (κ2) is 7.19. The summed E-state index contributed by atoms with van der Waals surface area (Å²) in [6.07, 6.45) is -1.81. The first kappa shape index (κ1) is 11.0. The van der Waals surface area contributed by atoms with Gasteiger partial charge in [-0.25, -0.2) is 4.79 Å². The molecule has 0 radical (unpaired) electrons. The molecule has 5 nitrogen and oxygen atoms in total. The van der Waals surface area contributed by atoms with Crippen LogP contribution in [0.15, 0.2) is 0 Å². The minimum atomic E-state index is -1.83. The van der Waals surface area contributed by atoms with E-state index in [0.29, 0.717) is 6.42 Å². The third kappa shape index (κ3) is 137. The Kier molecular flexibility index (Phi) is 8.83. The van der Waals surface area contributed by atoms with E-state index in [0.717, 1.165) is 0 Å². The summed E-state index contributed by atoms with van der Waals surface area (Å²) in [5.74, 6) is 0. The Morgan fingerprint density at radius 2 is 1.78 bits per heavy atom. The summed E-state index contributed by atoms with van der Waals surface area (Å²) < 4.78 is 0. The van der Waals surface area contributed by atoms with Crippen molar-refractivity contribution in [2.24, 2.45) is 5.73 Å². The van der Waals surface area contributed by atoms with Gasteiger partial charge in [-0.3, -0.25) is 0 Å². The van der Waals surface area contributed by atoms with E-state index < -0.39 is 12.4 Å². The lowest BCUT2D eigenvalue weighted by molar-refractivity contribution is 0.137. The first-order chi connectivity index (χ1) is 4.00. The quantitative estimate of drug-likeness (QED) is 0.378. The van der Waals surface area contributed by atoms with Gasteiger partial charge in [0.05, 0.1) is 0 Å². The molecule has 56 valence electrons. The molecule has 0 amide bonds. The van der Waals surface area contributed by atoms with Crippen molar-refractivity contribution in [3.8, 4) is 0 Å². The average Bonchev–Trinajstić information content (AvgIpc) is 1.65. The Bertz CT molecular complexity index is 69.0. The molecule has 0 rings (SSSR count). The third-order valence-corrected chi connectivity index (χ3v) is 0.418. The van der Waals surface area contributed by atoms with Crippen LogP contribution in [-0.4, -0.2) is 27.7 Å². The molecule has 0 heterocycles. The number of aliphatic hydroxyl groups excluding tert-OH is 1. The minimum Gasteiger partial charge on any atom is -0.450 e. The fraction of sp³-hybridized carbons (Fsp3) is 0.750. The Morgan fingerprint density at radius 3 is 1.78 bits per heavy atom. The van der Waals surface area contributed by atoms with Gasteiger partial charge in [-0.1, -0.05) is 6.92 Å². The van der Waals surface area contributed by atoms with Gasteiger partial charge in [0.25, 0.3) is 0 Å². The predicted molar refractivity (Wildman–Crippen MR) is 31.1 cm³/mol. The summed E-state index contributed by atoms with van der Waals surface area (Å²) in [6.45, 7) is 1.82. The highest BCUT2D eigenvalue weighted by Crippen LogP contribution is 1.72. The number of hydrogen-bond acceptors (Lipinski definition) is 3. The van der Waals surface area contributed by atoms with Gasteiger partial charge < -0.3 is 21.1 Å². The molecule has 5 heteroatoms. The van der Waals surface area contributed by atoms with Crippen LogP contribution in [0.4, 0.5) is 4.79 Å². The zero-order valence-corrected chi connectivity index (χ0v) is 5.11. The van der Waals surface area contributed by atoms with Crippen LogP contribution in [0.5, 0.6) is 0 Å². The number of rotatable bonds is 1. The highest BCUT2D eigenvalue weighted by atomic mass is 16.6. The Labute approximate surface area is 52.7 Å². The molecule has 0 spiro atoms. The molecule has 0 aromatic rings. The van der Waals surface area contributed by atoms with Crippen LogP contribution in [0, 0.1) is 0 Å². The summed E-state index contributed by atoms with van der Waals surface area (Å²) in [5.41, 5.74) is 4.85. The van der Waals surface area contributed by atoms with Gasteiger partial charge in [0.1, 0.15) is 6.23 Å². The summed E-state index contributed by atoms with van der Waals surface area (Å²) in [7, 11) is 0. The molecule has 0 saturated heterocycles. The second-order valence-electron chi connectivity index (χ2n) is 1.26. The van der Waals surface area contributed by atoms with Gasteiger partial charge in [0, 0.05) is 0 Å². The van der Waals surface area contributed by atoms with E-state index in [-0.39, 0.29) is 0 Å². The Morgan fingerprint density at radius 1 is 1.67 bits per heavy atom. The predicted octanol–water partition coefficient (Wildman–Crippen LogP) is -0.104. The summed E-state index contributed by atoms with van der Waals surface area (Å²) >= 11 is 0. The van der Waals surface area contributed by atoms with Crippen LogP contribution in [0.1, 0.15) is 13.3 Å². The first-order valence-electron chi connectivity index (χ1n) is 2.36. The molecule has 5 N–H and O–H groups in total. The fourth-order valence-electron chi connectivity index (χ4n) is 0. The highest BCUT2D eigenvalue weighted by molar-refractivity contribution is 5.53. The summed E-state index contributed by atoms with van der Waals surface area (Å²) in [5, 5.41) is 22.1. The van der Waals surface area contributed by atoms with Crippen molar-refractivity contribution >= 4 is 6.16 Å². The van der Waals surface area contributed by atoms with Crippen molar-refractivity contribution in [2.75, 3.05) is 0 Å². The lowest BCUT2D eigenvalue weighted by Crippen LogP contribution is -2.16. The van der Waals surface area contributed by atoms with E-state index in [1.165, 1.54) is 0 Å². The van der Waals surface area contributed by atoms with Crippen molar-refractivity contribution < 1.29 is 20.1 Å². The molecular formula is C4H11NO4. The Balaban J connectivity index is 0. The molecule has 0 aromatic carbocycles. The summed E-state index contributed by atoms with van der Waals surface area (Å²) in [4.78, 5) is 8.56. The maximum Gasteiger partial charge on any atom is 0.503 e. The normalized spacial score (nSPS) is 11.0.